The predicted octanol–water partition coefficient (Wildman–Crippen LogP) is 3.02. The van der Waals surface area contributed by atoms with Crippen LogP contribution in [0.2, 0.25) is 0 Å². The number of hydrogen-bond acceptors (Lipinski definition) is 2. The van der Waals surface area contributed by atoms with E-state index in [1.54, 1.807) is 0 Å². The van der Waals surface area contributed by atoms with Crippen LogP contribution in [-0.2, 0) is 6.54 Å². The van der Waals surface area contributed by atoms with E-state index < -0.39 is 0 Å². The molecule has 0 heterocycles. The highest BCUT2D eigenvalue weighted by Gasteiger charge is 2.04. The van der Waals surface area contributed by atoms with E-state index in [1.165, 1.54) is 18.4 Å². The predicted molar refractivity (Wildman–Crippen MR) is 64.1 cm³/mol. The maximum Gasteiger partial charge on any atom is 0.126 e. The molecule has 0 aromatic heterocycles. The third-order valence-corrected chi connectivity index (χ3v) is 2.51. The highest BCUT2D eigenvalue weighted by atomic mass is 16.5. The molecule has 0 radical (unpaired) electrons. The first kappa shape index (κ1) is 12.1. The lowest BCUT2D eigenvalue weighted by Gasteiger charge is -2.12. The zero-order valence-corrected chi connectivity index (χ0v) is 9.75. The van der Waals surface area contributed by atoms with Gasteiger partial charge in [-0.3, -0.25) is 0 Å². The summed E-state index contributed by atoms with van der Waals surface area (Å²) in [6.07, 6.45) is 3.57. The van der Waals surface area contributed by atoms with Crippen molar-refractivity contribution < 1.29 is 4.74 Å². The largest absolute Gasteiger partial charge is 0.493 e. The number of rotatable bonds is 6. The first-order valence-corrected chi connectivity index (χ1v) is 5.71. The van der Waals surface area contributed by atoms with Crippen LogP contribution < -0.4 is 10.5 Å². The second-order valence-corrected chi connectivity index (χ2v) is 3.82. The summed E-state index contributed by atoms with van der Waals surface area (Å²) < 4.78 is 5.78. The van der Waals surface area contributed by atoms with Gasteiger partial charge in [0.2, 0.25) is 0 Å². The monoisotopic (exact) mass is 207 g/mol. The van der Waals surface area contributed by atoms with Crippen LogP contribution in [0.25, 0.3) is 0 Å². The summed E-state index contributed by atoms with van der Waals surface area (Å²) in [5.41, 5.74) is 7.95. The average Bonchev–Trinajstić information content (AvgIpc) is 2.26. The van der Waals surface area contributed by atoms with E-state index in [4.69, 9.17) is 10.5 Å². The van der Waals surface area contributed by atoms with Crippen molar-refractivity contribution in [3.63, 3.8) is 0 Å². The number of ether oxygens (including phenoxy) is 1. The Labute approximate surface area is 92.4 Å². The van der Waals surface area contributed by atoms with Crippen LogP contribution >= 0.6 is 0 Å². The van der Waals surface area contributed by atoms with Crippen LogP contribution in [0.5, 0.6) is 5.75 Å². The van der Waals surface area contributed by atoms with Gasteiger partial charge >= 0.3 is 0 Å². The van der Waals surface area contributed by atoms with E-state index in [2.05, 4.69) is 19.9 Å². The van der Waals surface area contributed by atoms with Crippen molar-refractivity contribution in [1.29, 1.82) is 0 Å². The molecule has 2 nitrogen and oxygen atoms in total. The van der Waals surface area contributed by atoms with Gasteiger partial charge in [-0.25, -0.2) is 0 Å². The van der Waals surface area contributed by atoms with Gasteiger partial charge in [-0.05, 0) is 18.9 Å². The molecule has 0 aliphatic heterocycles. The van der Waals surface area contributed by atoms with Gasteiger partial charge in [0.15, 0.2) is 0 Å². The Morgan fingerprint density at radius 3 is 2.73 bits per heavy atom. The quantitative estimate of drug-likeness (QED) is 0.728. The van der Waals surface area contributed by atoms with Gasteiger partial charge in [0.25, 0.3) is 0 Å². The molecule has 0 spiro atoms. The van der Waals surface area contributed by atoms with E-state index in [0.717, 1.165) is 24.3 Å². The van der Waals surface area contributed by atoms with Gasteiger partial charge in [-0.15, -0.1) is 0 Å². The molecule has 84 valence electrons. The van der Waals surface area contributed by atoms with Gasteiger partial charge in [0.1, 0.15) is 5.75 Å². The second-order valence-electron chi connectivity index (χ2n) is 3.82. The molecule has 0 unspecified atom stereocenters. The molecule has 1 rings (SSSR count). The maximum atomic E-state index is 5.78. The lowest BCUT2D eigenvalue weighted by Crippen LogP contribution is -2.05. The van der Waals surface area contributed by atoms with Crippen molar-refractivity contribution in [3.05, 3.63) is 29.3 Å². The van der Waals surface area contributed by atoms with E-state index in [9.17, 15) is 0 Å². The molecule has 0 aliphatic carbocycles. The number of para-hydroxylation sites is 1. The van der Waals surface area contributed by atoms with Gasteiger partial charge in [0, 0.05) is 12.1 Å². The molecular formula is C13H21NO. The third kappa shape index (κ3) is 3.56. The summed E-state index contributed by atoms with van der Waals surface area (Å²) in [6.45, 7) is 5.60. The van der Waals surface area contributed by atoms with E-state index >= 15 is 0 Å². The van der Waals surface area contributed by atoms with Crippen LogP contribution in [0.4, 0.5) is 0 Å². The molecule has 0 aliphatic rings. The SMILES string of the molecule is CCCCCOc1c(C)cccc1CN. The summed E-state index contributed by atoms with van der Waals surface area (Å²) in [5, 5.41) is 0. The highest BCUT2D eigenvalue weighted by Crippen LogP contribution is 2.23. The summed E-state index contributed by atoms with van der Waals surface area (Å²) in [7, 11) is 0. The molecule has 0 amide bonds. The van der Waals surface area contributed by atoms with E-state index in [-0.39, 0.29) is 0 Å². The first-order valence-electron chi connectivity index (χ1n) is 5.71. The Hall–Kier alpha value is -1.02. The van der Waals surface area contributed by atoms with Gasteiger partial charge in [0.05, 0.1) is 6.61 Å². The lowest BCUT2D eigenvalue weighted by atomic mass is 10.1. The number of nitrogens with two attached hydrogens (primary N) is 1. The minimum atomic E-state index is 0.546. The van der Waals surface area contributed by atoms with Crippen LogP contribution in [0, 0.1) is 6.92 Å². The average molecular weight is 207 g/mol. The van der Waals surface area contributed by atoms with Crippen molar-refractivity contribution in [2.45, 2.75) is 39.7 Å². The van der Waals surface area contributed by atoms with E-state index in [0.29, 0.717) is 6.54 Å². The van der Waals surface area contributed by atoms with Gasteiger partial charge < -0.3 is 10.5 Å². The van der Waals surface area contributed by atoms with Crippen LogP contribution in [0.1, 0.15) is 37.3 Å². The normalized spacial score (nSPS) is 10.3. The molecule has 0 saturated heterocycles. The fraction of sp³-hybridized carbons (Fsp3) is 0.538. The molecule has 2 heteroatoms. The number of hydrogen-bond donors (Lipinski definition) is 1. The van der Waals surface area contributed by atoms with Crippen LogP contribution in [0.15, 0.2) is 18.2 Å². The zero-order chi connectivity index (χ0) is 11.1. The van der Waals surface area contributed by atoms with Crippen molar-refractivity contribution in [2.75, 3.05) is 6.61 Å². The Balaban J connectivity index is 2.58. The van der Waals surface area contributed by atoms with Crippen LogP contribution in [-0.4, -0.2) is 6.61 Å². The standard InChI is InChI=1S/C13H21NO/c1-3-4-5-9-15-13-11(2)7-6-8-12(13)10-14/h6-8H,3-5,9-10,14H2,1-2H3. The van der Waals surface area contributed by atoms with Crippen molar-refractivity contribution in [1.82, 2.24) is 0 Å². The second kappa shape index (κ2) is 6.46. The van der Waals surface area contributed by atoms with E-state index in [1.807, 2.05) is 12.1 Å². The third-order valence-electron chi connectivity index (χ3n) is 2.51. The Kier molecular flexibility index (Phi) is 5.19. The topological polar surface area (TPSA) is 35.2 Å². The Morgan fingerprint density at radius 1 is 1.27 bits per heavy atom. The van der Waals surface area contributed by atoms with Crippen molar-refractivity contribution in [2.24, 2.45) is 5.73 Å². The molecule has 0 saturated carbocycles. The minimum Gasteiger partial charge on any atom is -0.493 e. The Bertz CT molecular complexity index is 297. The molecule has 15 heavy (non-hydrogen) atoms. The van der Waals surface area contributed by atoms with Gasteiger partial charge in [-0.2, -0.15) is 0 Å². The summed E-state index contributed by atoms with van der Waals surface area (Å²) in [5.74, 6) is 0.983. The minimum absolute atomic E-state index is 0.546. The lowest BCUT2D eigenvalue weighted by molar-refractivity contribution is 0.301. The molecule has 0 fully saturated rings. The zero-order valence-electron chi connectivity index (χ0n) is 9.75. The molecule has 1 aromatic carbocycles. The summed E-state index contributed by atoms with van der Waals surface area (Å²) in [4.78, 5) is 0. The van der Waals surface area contributed by atoms with Crippen molar-refractivity contribution in [3.8, 4) is 5.75 Å². The van der Waals surface area contributed by atoms with Crippen molar-refractivity contribution >= 4 is 0 Å². The summed E-state index contributed by atoms with van der Waals surface area (Å²) >= 11 is 0. The Morgan fingerprint density at radius 2 is 2.07 bits per heavy atom. The molecular weight excluding hydrogens is 186 g/mol. The fourth-order valence-corrected chi connectivity index (χ4v) is 1.61. The van der Waals surface area contributed by atoms with Gasteiger partial charge in [-0.1, -0.05) is 38.0 Å². The number of unbranched alkanes of at least 4 members (excludes halogenated alkanes) is 2. The molecule has 0 bridgehead atoms. The molecule has 0 atom stereocenters. The smallest absolute Gasteiger partial charge is 0.126 e. The first-order chi connectivity index (χ1) is 7.29. The fourth-order valence-electron chi connectivity index (χ4n) is 1.61. The van der Waals surface area contributed by atoms with Crippen LogP contribution in [0.3, 0.4) is 0 Å². The number of benzene rings is 1. The number of aryl methyl sites for hydroxylation is 1. The highest BCUT2D eigenvalue weighted by molar-refractivity contribution is 5.40. The molecule has 2 N–H and O–H groups in total. The summed E-state index contributed by atoms with van der Waals surface area (Å²) in [6, 6.07) is 6.12. The maximum absolute atomic E-state index is 5.78. The molecule has 1 aromatic rings.